The molecule has 0 spiro atoms. The van der Waals surface area contributed by atoms with Crippen molar-refractivity contribution < 1.29 is 19.8 Å². The number of carboxylic acids is 2. The van der Waals surface area contributed by atoms with E-state index in [0.717, 1.165) is 0 Å². The second kappa shape index (κ2) is 7.80. The molecule has 0 saturated carbocycles. The molecule has 0 fully saturated rings. The van der Waals surface area contributed by atoms with Gasteiger partial charge in [0.1, 0.15) is 12.1 Å². The fourth-order valence-corrected chi connectivity index (χ4v) is 2.94. The minimum Gasteiger partial charge on any atom is -0.480 e. The quantitative estimate of drug-likeness (QED) is 0.337. The van der Waals surface area contributed by atoms with Crippen molar-refractivity contribution in [1.82, 2.24) is 5.32 Å². The molecule has 8 heteroatoms. The molecule has 0 aliphatic rings. The fraction of sp³-hybridized carbons (Fsp3) is 0.714. The zero-order chi connectivity index (χ0) is 11.8. The van der Waals surface area contributed by atoms with Gasteiger partial charge in [0.15, 0.2) is 0 Å². The normalized spacial score (nSPS) is 14.5. The van der Waals surface area contributed by atoms with E-state index in [4.69, 9.17) is 15.9 Å². The van der Waals surface area contributed by atoms with Crippen molar-refractivity contribution in [2.24, 2.45) is 5.73 Å². The topological polar surface area (TPSA) is 113 Å². The van der Waals surface area contributed by atoms with E-state index in [9.17, 15) is 9.59 Å². The highest BCUT2D eigenvalue weighted by Crippen LogP contribution is 2.22. The summed E-state index contributed by atoms with van der Waals surface area (Å²) in [5, 5.41) is 19.8. The zero-order valence-electron chi connectivity index (χ0n) is 8.17. The number of carboxylic acid groups (broad SMARTS) is 2. The van der Waals surface area contributed by atoms with Gasteiger partial charge in [-0.2, -0.15) is 0 Å². The van der Waals surface area contributed by atoms with Gasteiger partial charge in [-0.05, 0) is 7.05 Å². The molecule has 0 aromatic rings. The number of aliphatic carboxylic acids is 2. The molecule has 0 amide bonds. The van der Waals surface area contributed by atoms with Crippen LogP contribution in [0, 0.1) is 0 Å². The smallest absolute Gasteiger partial charge is 0.321 e. The lowest BCUT2D eigenvalue weighted by Crippen LogP contribution is -2.36. The van der Waals surface area contributed by atoms with Gasteiger partial charge in [0.05, 0.1) is 0 Å². The van der Waals surface area contributed by atoms with Crippen LogP contribution >= 0.6 is 21.6 Å². The van der Waals surface area contributed by atoms with Gasteiger partial charge in [-0.1, -0.05) is 21.6 Å². The molecule has 0 bridgehead atoms. The van der Waals surface area contributed by atoms with E-state index in [2.05, 4.69) is 5.32 Å². The Morgan fingerprint density at radius 2 is 1.80 bits per heavy atom. The van der Waals surface area contributed by atoms with Crippen molar-refractivity contribution in [1.29, 1.82) is 0 Å². The monoisotopic (exact) mass is 254 g/mol. The molecular weight excluding hydrogens is 240 g/mol. The summed E-state index contributed by atoms with van der Waals surface area (Å²) in [6.07, 6.45) is 0. The van der Waals surface area contributed by atoms with Crippen LogP contribution in [-0.2, 0) is 9.59 Å². The third kappa shape index (κ3) is 6.61. The lowest BCUT2D eigenvalue weighted by molar-refractivity contribution is -0.139. The molecule has 0 aromatic carbocycles. The van der Waals surface area contributed by atoms with E-state index in [1.54, 1.807) is 7.05 Å². The number of carbonyl (C=O) groups is 2. The van der Waals surface area contributed by atoms with Gasteiger partial charge in [-0.3, -0.25) is 9.59 Å². The lowest BCUT2D eigenvalue weighted by atomic mass is 10.3. The molecule has 88 valence electrons. The van der Waals surface area contributed by atoms with Crippen LogP contribution in [0.15, 0.2) is 0 Å². The Labute approximate surface area is 95.4 Å². The van der Waals surface area contributed by atoms with Gasteiger partial charge < -0.3 is 21.3 Å². The summed E-state index contributed by atoms with van der Waals surface area (Å²) in [4.78, 5) is 20.9. The Bertz CT molecular complexity index is 227. The minimum absolute atomic E-state index is 0.260. The minimum atomic E-state index is -1.05. The number of hydrogen-bond acceptors (Lipinski definition) is 6. The number of hydrogen-bond donors (Lipinski definition) is 4. The van der Waals surface area contributed by atoms with E-state index in [1.165, 1.54) is 21.6 Å². The Hall–Kier alpha value is -0.440. The third-order valence-electron chi connectivity index (χ3n) is 1.53. The first-order valence-electron chi connectivity index (χ1n) is 4.12. The van der Waals surface area contributed by atoms with Crippen molar-refractivity contribution >= 4 is 33.5 Å². The molecule has 1 unspecified atom stereocenters. The summed E-state index contributed by atoms with van der Waals surface area (Å²) in [7, 11) is 4.11. The van der Waals surface area contributed by atoms with E-state index in [-0.39, 0.29) is 5.75 Å². The van der Waals surface area contributed by atoms with Crippen LogP contribution in [0.2, 0.25) is 0 Å². The molecule has 0 radical (unpaired) electrons. The molecule has 0 heterocycles. The van der Waals surface area contributed by atoms with Crippen LogP contribution in [0.25, 0.3) is 0 Å². The predicted molar refractivity (Wildman–Crippen MR) is 61.0 cm³/mol. The van der Waals surface area contributed by atoms with Crippen molar-refractivity contribution in [3.8, 4) is 0 Å². The molecule has 0 aliphatic carbocycles. The van der Waals surface area contributed by atoms with Crippen molar-refractivity contribution in [2.45, 2.75) is 12.1 Å². The summed E-state index contributed by atoms with van der Waals surface area (Å²) < 4.78 is 0. The number of nitrogens with one attached hydrogen (secondary N) is 1. The Morgan fingerprint density at radius 3 is 2.20 bits per heavy atom. The van der Waals surface area contributed by atoms with Crippen LogP contribution in [0.3, 0.4) is 0 Å². The van der Waals surface area contributed by atoms with E-state index in [0.29, 0.717) is 5.75 Å². The van der Waals surface area contributed by atoms with Crippen LogP contribution in [0.4, 0.5) is 0 Å². The van der Waals surface area contributed by atoms with Crippen LogP contribution < -0.4 is 11.1 Å². The zero-order valence-corrected chi connectivity index (χ0v) is 9.81. The third-order valence-corrected chi connectivity index (χ3v) is 3.98. The van der Waals surface area contributed by atoms with E-state index in [1.807, 2.05) is 0 Å². The highest BCUT2D eigenvalue weighted by molar-refractivity contribution is 8.76. The first-order chi connectivity index (χ1) is 6.99. The van der Waals surface area contributed by atoms with Gasteiger partial charge >= 0.3 is 11.9 Å². The molecular formula is C7H14N2O4S2. The van der Waals surface area contributed by atoms with Gasteiger partial charge in [0.25, 0.3) is 0 Å². The lowest BCUT2D eigenvalue weighted by Gasteiger charge is -2.10. The maximum atomic E-state index is 10.6. The molecule has 0 rings (SSSR count). The first-order valence-corrected chi connectivity index (χ1v) is 6.60. The van der Waals surface area contributed by atoms with Crippen molar-refractivity contribution in [2.75, 3.05) is 18.6 Å². The van der Waals surface area contributed by atoms with Crippen LogP contribution in [0.1, 0.15) is 0 Å². The molecule has 0 aromatic heterocycles. The molecule has 0 aliphatic heterocycles. The van der Waals surface area contributed by atoms with Crippen molar-refractivity contribution in [3.63, 3.8) is 0 Å². The van der Waals surface area contributed by atoms with Crippen molar-refractivity contribution in [3.05, 3.63) is 0 Å². The maximum absolute atomic E-state index is 10.6. The molecule has 6 nitrogen and oxygen atoms in total. The number of nitrogens with two attached hydrogens (primary N) is 1. The highest BCUT2D eigenvalue weighted by atomic mass is 33.1. The number of likely N-dealkylation sites (N-methyl/N-ethyl adjacent to an activating group) is 1. The second-order valence-electron chi connectivity index (χ2n) is 2.69. The number of rotatable bonds is 8. The second-order valence-corrected chi connectivity index (χ2v) is 5.25. The molecule has 15 heavy (non-hydrogen) atoms. The Morgan fingerprint density at radius 1 is 1.27 bits per heavy atom. The average molecular weight is 254 g/mol. The average Bonchev–Trinajstić information content (AvgIpc) is 2.16. The summed E-state index contributed by atoms with van der Waals surface area (Å²) in [5.41, 5.74) is 5.26. The first kappa shape index (κ1) is 14.6. The summed E-state index contributed by atoms with van der Waals surface area (Å²) in [6.45, 7) is 0. The summed E-state index contributed by atoms with van der Waals surface area (Å²) in [5.74, 6) is -1.35. The molecule has 2 atom stereocenters. The van der Waals surface area contributed by atoms with Crippen LogP contribution in [0.5, 0.6) is 0 Å². The molecule has 5 N–H and O–H groups in total. The standard InChI is InChI=1S/C7H14N2O4S2/c1-9-5(7(12)13)3-15-14-2-4(8)6(10)11/h4-5,9H,2-3,8H2,1H3,(H,10,11)(H,12,13)/t4?,5-/m0/s1. The van der Waals surface area contributed by atoms with Gasteiger partial charge in [-0.15, -0.1) is 0 Å². The van der Waals surface area contributed by atoms with E-state index < -0.39 is 24.0 Å². The molecule has 0 saturated heterocycles. The fourth-order valence-electron chi connectivity index (χ4n) is 0.587. The van der Waals surface area contributed by atoms with Gasteiger partial charge in [-0.25, -0.2) is 0 Å². The largest absolute Gasteiger partial charge is 0.480 e. The van der Waals surface area contributed by atoms with E-state index >= 15 is 0 Å². The van der Waals surface area contributed by atoms with Crippen LogP contribution in [-0.4, -0.2) is 52.8 Å². The van der Waals surface area contributed by atoms with Gasteiger partial charge in [0, 0.05) is 11.5 Å². The Kier molecular flexibility index (Phi) is 7.57. The highest BCUT2D eigenvalue weighted by Gasteiger charge is 2.16. The summed E-state index contributed by atoms with van der Waals surface area (Å²) in [6, 6.07) is -1.52. The predicted octanol–water partition coefficient (Wildman–Crippen LogP) is -0.548. The summed E-state index contributed by atoms with van der Waals surface area (Å²) >= 11 is 0. The maximum Gasteiger partial charge on any atom is 0.321 e. The van der Waals surface area contributed by atoms with Gasteiger partial charge in [0.2, 0.25) is 0 Å². The Balaban J connectivity index is 3.61. The SMILES string of the molecule is CN[C@@H](CSSCC(N)C(=O)O)C(=O)O.